The van der Waals surface area contributed by atoms with Crippen molar-refractivity contribution < 1.29 is 5.11 Å². The normalized spacial score (nSPS) is 27.1. The van der Waals surface area contributed by atoms with Gasteiger partial charge < -0.3 is 10.4 Å². The fraction of sp³-hybridized carbons (Fsp3) is 0.333. The van der Waals surface area contributed by atoms with Crippen molar-refractivity contribution in [1.29, 1.82) is 0 Å². The lowest BCUT2D eigenvalue weighted by Gasteiger charge is -2.20. The van der Waals surface area contributed by atoms with Crippen LogP contribution in [0.3, 0.4) is 0 Å². The van der Waals surface area contributed by atoms with E-state index in [-0.39, 0.29) is 5.75 Å². The highest BCUT2D eigenvalue weighted by Crippen LogP contribution is 2.38. The number of benzene rings is 1. The molecule has 5 heteroatoms. The van der Waals surface area contributed by atoms with Crippen LogP contribution in [0.25, 0.3) is 0 Å². The van der Waals surface area contributed by atoms with Crippen LogP contribution >= 0.6 is 12.2 Å². The summed E-state index contributed by atoms with van der Waals surface area (Å²) in [6, 6.07) is 7.45. The number of rotatable bonds is 3. The van der Waals surface area contributed by atoms with Gasteiger partial charge in [0.1, 0.15) is 5.75 Å². The van der Waals surface area contributed by atoms with E-state index in [0.29, 0.717) is 28.6 Å². The number of nitrogens with zero attached hydrogens (tertiary/aromatic N) is 1. The first-order valence-electron chi connectivity index (χ1n) is 6.78. The summed E-state index contributed by atoms with van der Waals surface area (Å²) < 4.78 is 0. The predicted octanol–water partition coefficient (Wildman–Crippen LogP) is 2.15. The molecule has 0 heterocycles. The highest BCUT2D eigenvalue weighted by atomic mass is 32.1. The van der Waals surface area contributed by atoms with E-state index in [1.165, 1.54) is 6.42 Å². The lowest BCUT2D eigenvalue weighted by molar-refractivity contribution is 0.474. The van der Waals surface area contributed by atoms with E-state index in [2.05, 4.69) is 28.0 Å². The SMILES string of the molecule is Oc1ccccc1/C=N\NC(=S)N[C@H]1C[C@H]2C=C[C@H]1C2. The molecule has 3 N–H and O–H groups in total. The zero-order valence-electron chi connectivity index (χ0n) is 11.0. The van der Waals surface area contributed by atoms with E-state index in [4.69, 9.17) is 12.2 Å². The summed E-state index contributed by atoms with van der Waals surface area (Å²) in [5.74, 6) is 1.52. The van der Waals surface area contributed by atoms with E-state index >= 15 is 0 Å². The Bertz CT molecular complexity index is 570. The molecule has 0 unspecified atom stereocenters. The molecule has 1 aromatic rings. The number of para-hydroxylation sites is 1. The summed E-state index contributed by atoms with van der Waals surface area (Å²) in [4.78, 5) is 0. The fourth-order valence-electron chi connectivity index (χ4n) is 2.90. The van der Waals surface area contributed by atoms with E-state index in [9.17, 15) is 5.11 Å². The molecule has 20 heavy (non-hydrogen) atoms. The van der Waals surface area contributed by atoms with Gasteiger partial charge >= 0.3 is 0 Å². The van der Waals surface area contributed by atoms with Gasteiger partial charge in [0.15, 0.2) is 5.11 Å². The van der Waals surface area contributed by atoms with E-state index in [1.54, 1.807) is 24.4 Å². The second kappa shape index (κ2) is 5.63. The number of nitrogens with one attached hydrogen (secondary N) is 2. The third-order valence-electron chi connectivity index (χ3n) is 3.90. The number of hydrogen-bond acceptors (Lipinski definition) is 3. The second-order valence-corrected chi connectivity index (χ2v) is 5.70. The Kier molecular flexibility index (Phi) is 3.69. The van der Waals surface area contributed by atoms with E-state index in [0.717, 1.165) is 6.42 Å². The van der Waals surface area contributed by atoms with Gasteiger partial charge in [0.25, 0.3) is 0 Å². The molecular formula is C15H17N3OS. The van der Waals surface area contributed by atoms with Gasteiger partial charge in [-0.2, -0.15) is 5.10 Å². The average molecular weight is 287 g/mol. The molecule has 0 saturated heterocycles. The summed E-state index contributed by atoms with van der Waals surface area (Å²) in [5, 5.41) is 17.5. The van der Waals surface area contributed by atoms with Gasteiger partial charge in [0.05, 0.1) is 6.21 Å². The van der Waals surface area contributed by atoms with Crippen molar-refractivity contribution in [3.05, 3.63) is 42.0 Å². The lowest BCUT2D eigenvalue weighted by atomic mass is 10.0. The van der Waals surface area contributed by atoms with Crippen LogP contribution in [0.1, 0.15) is 18.4 Å². The molecule has 2 bridgehead atoms. The van der Waals surface area contributed by atoms with Crippen LogP contribution in [0.2, 0.25) is 0 Å². The van der Waals surface area contributed by atoms with Crippen LogP contribution < -0.4 is 10.7 Å². The van der Waals surface area contributed by atoms with E-state index < -0.39 is 0 Å². The molecule has 0 aromatic heterocycles. The smallest absolute Gasteiger partial charge is 0.187 e. The molecular weight excluding hydrogens is 270 g/mol. The Morgan fingerprint density at radius 3 is 2.85 bits per heavy atom. The van der Waals surface area contributed by atoms with Crippen molar-refractivity contribution in [2.75, 3.05) is 0 Å². The number of phenols is 1. The number of hydrogen-bond donors (Lipinski definition) is 3. The third-order valence-corrected chi connectivity index (χ3v) is 4.11. The number of allylic oxidation sites excluding steroid dienone is 1. The highest BCUT2D eigenvalue weighted by Gasteiger charge is 2.35. The molecule has 3 atom stereocenters. The minimum atomic E-state index is 0.204. The fourth-order valence-corrected chi connectivity index (χ4v) is 3.11. The quantitative estimate of drug-likeness (QED) is 0.345. The molecule has 104 valence electrons. The number of aromatic hydroxyl groups is 1. The Morgan fingerprint density at radius 1 is 1.30 bits per heavy atom. The molecule has 4 nitrogen and oxygen atoms in total. The molecule has 0 aliphatic heterocycles. The maximum absolute atomic E-state index is 9.60. The molecule has 2 aliphatic carbocycles. The van der Waals surface area contributed by atoms with Crippen molar-refractivity contribution >= 4 is 23.5 Å². The number of hydrazone groups is 1. The summed E-state index contributed by atoms with van der Waals surface area (Å²) in [6.45, 7) is 0. The van der Waals surface area contributed by atoms with Gasteiger partial charge in [0.2, 0.25) is 0 Å². The Balaban J connectivity index is 1.50. The van der Waals surface area contributed by atoms with Gasteiger partial charge in [0, 0.05) is 11.6 Å². The van der Waals surface area contributed by atoms with Gasteiger partial charge in [-0.25, -0.2) is 0 Å². The topological polar surface area (TPSA) is 56.7 Å². The Morgan fingerprint density at radius 2 is 2.15 bits per heavy atom. The molecule has 1 aromatic carbocycles. The van der Waals surface area contributed by atoms with E-state index in [1.807, 2.05) is 6.07 Å². The molecule has 1 fully saturated rings. The van der Waals surface area contributed by atoms with Crippen LogP contribution in [0.5, 0.6) is 5.75 Å². The third kappa shape index (κ3) is 2.82. The monoisotopic (exact) mass is 287 g/mol. The first kappa shape index (κ1) is 13.1. The van der Waals surface area contributed by atoms with Crippen LogP contribution in [-0.2, 0) is 0 Å². The van der Waals surface area contributed by atoms with Gasteiger partial charge in [-0.3, -0.25) is 5.43 Å². The molecule has 2 aliphatic rings. The summed E-state index contributed by atoms with van der Waals surface area (Å²) in [7, 11) is 0. The Hall–Kier alpha value is -1.88. The van der Waals surface area contributed by atoms with Crippen molar-refractivity contribution in [1.82, 2.24) is 10.7 Å². The molecule has 1 saturated carbocycles. The van der Waals surface area contributed by atoms with Gasteiger partial charge in [-0.05, 0) is 49.0 Å². The highest BCUT2D eigenvalue weighted by molar-refractivity contribution is 7.80. The van der Waals surface area contributed by atoms with Crippen molar-refractivity contribution in [2.24, 2.45) is 16.9 Å². The van der Waals surface area contributed by atoms with Gasteiger partial charge in [-0.15, -0.1) is 0 Å². The van der Waals surface area contributed by atoms with Crippen LogP contribution in [0.15, 0.2) is 41.5 Å². The molecule has 3 rings (SSSR count). The number of thiocarbonyl (C=S) groups is 1. The molecule has 0 spiro atoms. The largest absolute Gasteiger partial charge is 0.507 e. The van der Waals surface area contributed by atoms with Crippen LogP contribution in [0, 0.1) is 11.8 Å². The maximum Gasteiger partial charge on any atom is 0.187 e. The molecule has 0 amide bonds. The zero-order chi connectivity index (χ0) is 13.9. The Labute approximate surface area is 123 Å². The van der Waals surface area contributed by atoms with Gasteiger partial charge in [-0.1, -0.05) is 24.3 Å². The number of phenolic OH excluding ortho intramolecular Hbond substituents is 1. The van der Waals surface area contributed by atoms with Crippen LogP contribution in [-0.4, -0.2) is 22.5 Å². The van der Waals surface area contributed by atoms with Crippen molar-refractivity contribution in [3.8, 4) is 5.75 Å². The summed E-state index contributed by atoms with van der Waals surface area (Å²) in [5.41, 5.74) is 3.46. The van der Waals surface area contributed by atoms with Crippen molar-refractivity contribution in [2.45, 2.75) is 18.9 Å². The minimum Gasteiger partial charge on any atom is -0.507 e. The number of fused-ring (bicyclic) bond motifs is 2. The molecule has 0 radical (unpaired) electrons. The standard InChI is InChI=1S/C15H17N3OS/c19-14-4-2-1-3-12(14)9-16-18-15(20)17-13-8-10-5-6-11(13)7-10/h1-6,9-11,13,19H,7-8H2,(H2,17,18,20)/b16-9-/t10-,11-,13-/m0/s1. The first-order valence-corrected chi connectivity index (χ1v) is 7.19. The summed E-state index contributed by atoms with van der Waals surface area (Å²) in [6.07, 6.45) is 8.52. The second-order valence-electron chi connectivity index (χ2n) is 5.29. The van der Waals surface area contributed by atoms with Crippen molar-refractivity contribution in [3.63, 3.8) is 0 Å². The first-order chi connectivity index (χ1) is 9.72. The minimum absolute atomic E-state index is 0.204. The predicted molar refractivity (Wildman–Crippen MR) is 83.7 cm³/mol. The summed E-state index contributed by atoms with van der Waals surface area (Å²) >= 11 is 5.23. The maximum atomic E-state index is 9.60. The van der Waals surface area contributed by atoms with Crippen LogP contribution in [0.4, 0.5) is 0 Å². The lowest BCUT2D eigenvalue weighted by Crippen LogP contribution is -2.42. The zero-order valence-corrected chi connectivity index (χ0v) is 11.8. The average Bonchev–Trinajstić information content (AvgIpc) is 3.03.